The Bertz CT molecular complexity index is 958. The van der Waals surface area contributed by atoms with Crippen molar-refractivity contribution in [1.82, 2.24) is 0 Å². The zero-order valence-corrected chi connectivity index (χ0v) is 15.2. The molecule has 1 heterocycles. The van der Waals surface area contributed by atoms with Gasteiger partial charge >= 0.3 is 5.97 Å². The molecule has 1 aliphatic heterocycles. The van der Waals surface area contributed by atoms with Crippen LogP contribution in [-0.2, 0) is 24.3 Å². The van der Waals surface area contributed by atoms with Crippen LogP contribution >= 0.6 is 0 Å². The van der Waals surface area contributed by atoms with Gasteiger partial charge in [-0.15, -0.1) is 0 Å². The maximum absolute atomic E-state index is 12.9. The summed E-state index contributed by atoms with van der Waals surface area (Å²) in [5.74, 6) is -1.69. The number of anilines is 2. The number of carbonyl (C=O) groups is 2. The number of benzene rings is 2. The number of sulfonamides is 1. The molecule has 1 N–H and O–H groups in total. The maximum atomic E-state index is 12.9. The number of rotatable bonds is 5. The molecule has 142 valence electrons. The van der Waals surface area contributed by atoms with Gasteiger partial charge in [-0.1, -0.05) is 0 Å². The normalized spacial score (nSPS) is 17.0. The molecule has 7 nitrogen and oxygen atoms in total. The lowest BCUT2D eigenvalue weighted by molar-refractivity contribution is -0.145. The van der Waals surface area contributed by atoms with Crippen LogP contribution in [0.15, 0.2) is 53.4 Å². The van der Waals surface area contributed by atoms with Crippen molar-refractivity contribution >= 4 is 33.3 Å². The van der Waals surface area contributed by atoms with Crippen LogP contribution in [0.25, 0.3) is 0 Å². The Morgan fingerprint density at radius 2 is 1.78 bits per heavy atom. The zero-order valence-electron chi connectivity index (χ0n) is 14.4. The SMILES string of the molecule is COC(=O)[C@@H]1CC(=O)N(c2ccc(S(=O)(=O)Nc3ccc(F)cc3)cc2)C1. The molecule has 2 aromatic rings. The van der Waals surface area contributed by atoms with Crippen molar-refractivity contribution in [2.24, 2.45) is 5.92 Å². The number of ether oxygens (including phenoxy) is 1. The molecule has 0 aliphatic carbocycles. The van der Waals surface area contributed by atoms with Crippen LogP contribution in [0.3, 0.4) is 0 Å². The number of amides is 1. The van der Waals surface area contributed by atoms with Crippen molar-refractivity contribution in [2.75, 3.05) is 23.3 Å². The molecular formula is C18H17FN2O5S. The highest BCUT2D eigenvalue weighted by Crippen LogP contribution is 2.27. The summed E-state index contributed by atoms with van der Waals surface area (Å²) in [5.41, 5.74) is 0.725. The number of nitrogens with one attached hydrogen (secondary N) is 1. The van der Waals surface area contributed by atoms with E-state index in [1.165, 1.54) is 48.4 Å². The van der Waals surface area contributed by atoms with E-state index in [-0.39, 0.29) is 29.5 Å². The molecule has 0 radical (unpaired) electrons. The van der Waals surface area contributed by atoms with Gasteiger partial charge in [0.1, 0.15) is 5.82 Å². The van der Waals surface area contributed by atoms with Gasteiger partial charge in [-0.25, -0.2) is 12.8 Å². The van der Waals surface area contributed by atoms with Gasteiger partial charge in [0.15, 0.2) is 0 Å². The van der Waals surface area contributed by atoms with Gasteiger partial charge in [-0.3, -0.25) is 14.3 Å². The van der Waals surface area contributed by atoms with Crippen molar-refractivity contribution in [3.63, 3.8) is 0 Å². The minimum atomic E-state index is -3.86. The predicted molar refractivity (Wildman–Crippen MR) is 96.1 cm³/mol. The first-order valence-electron chi connectivity index (χ1n) is 8.07. The second kappa shape index (κ2) is 7.36. The molecule has 0 aromatic heterocycles. The summed E-state index contributed by atoms with van der Waals surface area (Å²) >= 11 is 0. The van der Waals surface area contributed by atoms with Gasteiger partial charge in [0.05, 0.1) is 17.9 Å². The number of hydrogen-bond acceptors (Lipinski definition) is 5. The topological polar surface area (TPSA) is 92.8 Å². The molecule has 0 bridgehead atoms. The minimum Gasteiger partial charge on any atom is -0.469 e. The number of esters is 1. The highest BCUT2D eigenvalue weighted by atomic mass is 32.2. The first-order valence-corrected chi connectivity index (χ1v) is 9.55. The molecule has 1 aliphatic rings. The van der Waals surface area contributed by atoms with Crippen molar-refractivity contribution in [3.8, 4) is 0 Å². The summed E-state index contributed by atoms with van der Waals surface area (Å²) in [4.78, 5) is 25.1. The van der Waals surface area contributed by atoms with Gasteiger partial charge in [0.2, 0.25) is 5.91 Å². The van der Waals surface area contributed by atoms with E-state index in [9.17, 15) is 22.4 Å². The number of hydrogen-bond donors (Lipinski definition) is 1. The van der Waals surface area contributed by atoms with Crippen LogP contribution in [0.5, 0.6) is 0 Å². The van der Waals surface area contributed by atoms with Gasteiger partial charge in [-0.05, 0) is 48.5 Å². The van der Waals surface area contributed by atoms with E-state index in [1.807, 2.05) is 0 Å². The summed E-state index contributed by atoms with van der Waals surface area (Å²) < 4.78 is 44.8. The van der Waals surface area contributed by atoms with Gasteiger partial charge in [0.25, 0.3) is 10.0 Å². The number of carbonyl (C=O) groups excluding carboxylic acids is 2. The largest absolute Gasteiger partial charge is 0.469 e. The third kappa shape index (κ3) is 4.08. The highest BCUT2D eigenvalue weighted by Gasteiger charge is 2.35. The Labute approximate surface area is 155 Å². The first-order chi connectivity index (χ1) is 12.8. The smallest absolute Gasteiger partial charge is 0.311 e. The van der Waals surface area contributed by atoms with E-state index in [2.05, 4.69) is 9.46 Å². The minimum absolute atomic E-state index is 0.00765. The lowest BCUT2D eigenvalue weighted by atomic mass is 10.1. The van der Waals surface area contributed by atoms with E-state index in [0.717, 1.165) is 12.1 Å². The van der Waals surface area contributed by atoms with Crippen molar-refractivity contribution in [3.05, 3.63) is 54.3 Å². The molecule has 1 saturated heterocycles. The summed E-state index contributed by atoms with van der Waals surface area (Å²) in [6, 6.07) is 10.6. The summed E-state index contributed by atoms with van der Waals surface area (Å²) in [5, 5.41) is 0. The fourth-order valence-electron chi connectivity index (χ4n) is 2.82. The average Bonchev–Trinajstić information content (AvgIpc) is 3.04. The predicted octanol–water partition coefficient (Wildman–Crippen LogP) is 2.15. The number of methoxy groups -OCH3 is 1. The summed E-state index contributed by atoms with van der Waals surface area (Å²) in [6.45, 7) is 0.186. The van der Waals surface area contributed by atoms with Crippen molar-refractivity contribution in [1.29, 1.82) is 0 Å². The fraction of sp³-hybridized carbons (Fsp3) is 0.222. The highest BCUT2D eigenvalue weighted by molar-refractivity contribution is 7.92. The molecule has 9 heteroatoms. The van der Waals surface area contributed by atoms with E-state index in [0.29, 0.717) is 5.69 Å². The van der Waals surface area contributed by atoms with Crippen LogP contribution in [0.4, 0.5) is 15.8 Å². The standard InChI is InChI=1S/C18H17FN2O5S/c1-26-18(23)12-10-17(22)21(11-12)15-6-8-16(9-7-15)27(24,25)20-14-4-2-13(19)3-5-14/h2-9,12,20H,10-11H2,1H3/t12-/m1/s1. The number of halogens is 1. The molecule has 0 spiro atoms. The van der Waals surface area contributed by atoms with E-state index in [4.69, 9.17) is 0 Å². The third-order valence-electron chi connectivity index (χ3n) is 4.21. The monoisotopic (exact) mass is 392 g/mol. The third-order valence-corrected chi connectivity index (χ3v) is 5.61. The first kappa shape index (κ1) is 18.8. The van der Waals surface area contributed by atoms with Gasteiger partial charge in [-0.2, -0.15) is 0 Å². The molecule has 1 amide bonds. The Morgan fingerprint density at radius 1 is 1.15 bits per heavy atom. The molecule has 0 unspecified atom stereocenters. The molecular weight excluding hydrogens is 375 g/mol. The van der Waals surface area contributed by atoms with Crippen molar-refractivity contribution < 1.29 is 27.1 Å². The van der Waals surface area contributed by atoms with Gasteiger partial charge in [0, 0.05) is 24.3 Å². The second-order valence-electron chi connectivity index (χ2n) is 6.03. The summed E-state index contributed by atoms with van der Waals surface area (Å²) in [6.07, 6.45) is 0.0544. The van der Waals surface area contributed by atoms with E-state index >= 15 is 0 Å². The van der Waals surface area contributed by atoms with Gasteiger partial charge < -0.3 is 9.64 Å². The van der Waals surface area contributed by atoms with Crippen molar-refractivity contribution in [2.45, 2.75) is 11.3 Å². The fourth-order valence-corrected chi connectivity index (χ4v) is 3.88. The molecule has 2 aromatic carbocycles. The van der Waals surface area contributed by atoms with E-state index < -0.39 is 27.7 Å². The zero-order chi connectivity index (χ0) is 19.6. The Kier molecular flexibility index (Phi) is 5.13. The molecule has 1 fully saturated rings. The quantitative estimate of drug-likeness (QED) is 0.787. The van der Waals surface area contributed by atoms with E-state index in [1.54, 1.807) is 0 Å². The average molecular weight is 392 g/mol. The van der Waals surface area contributed by atoms with Crippen LogP contribution < -0.4 is 9.62 Å². The Hall–Kier alpha value is -2.94. The number of nitrogens with zero attached hydrogens (tertiary/aromatic N) is 1. The second-order valence-corrected chi connectivity index (χ2v) is 7.72. The molecule has 1 atom stereocenters. The lowest BCUT2D eigenvalue weighted by Gasteiger charge is -2.17. The Morgan fingerprint density at radius 3 is 2.37 bits per heavy atom. The summed E-state index contributed by atoms with van der Waals surface area (Å²) in [7, 11) is -2.59. The molecule has 0 saturated carbocycles. The van der Waals surface area contributed by atoms with Crippen LogP contribution in [0, 0.1) is 11.7 Å². The molecule has 27 heavy (non-hydrogen) atoms. The molecule has 3 rings (SSSR count). The van der Waals surface area contributed by atoms with Crippen LogP contribution in [0.1, 0.15) is 6.42 Å². The van der Waals surface area contributed by atoms with Crippen LogP contribution in [-0.4, -0.2) is 33.9 Å². The lowest BCUT2D eigenvalue weighted by Crippen LogP contribution is -2.26. The van der Waals surface area contributed by atoms with Crippen LogP contribution in [0.2, 0.25) is 0 Å². The maximum Gasteiger partial charge on any atom is 0.311 e. The Balaban J connectivity index is 1.76.